The second kappa shape index (κ2) is 5.30. The SMILES string of the molecule is Cc1ccc(/C=C/c2cc[n+](C)c3ccccc23)cc1. The Kier molecular flexibility index (Phi) is 3.34. The first-order valence-electron chi connectivity index (χ1n) is 6.86. The molecule has 2 aromatic carbocycles. The van der Waals surface area contributed by atoms with Crippen molar-refractivity contribution in [3.8, 4) is 0 Å². The Bertz CT molecular complexity index is 767. The zero-order valence-electron chi connectivity index (χ0n) is 11.9. The molecule has 1 aromatic heterocycles. The van der Waals surface area contributed by atoms with Gasteiger partial charge < -0.3 is 0 Å². The molecule has 1 heteroatoms. The zero-order chi connectivity index (χ0) is 13.9. The van der Waals surface area contributed by atoms with Crippen molar-refractivity contribution >= 4 is 23.1 Å². The van der Waals surface area contributed by atoms with Gasteiger partial charge in [0.1, 0.15) is 7.05 Å². The highest BCUT2D eigenvalue weighted by Crippen LogP contribution is 2.17. The Morgan fingerprint density at radius 3 is 2.40 bits per heavy atom. The van der Waals surface area contributed by atoms with Crippen molar-refractivity contribution < 1.29 is 4.57 Å². The van der Waals surface area contributed by atoms with E-state index in [4.69, 9.17) is 0 Å². The fourth-order valence-corrected chi connectivity index (χ4v) is 2.40. The van der Waals surface area contributed by atoms with Crippen LogP contribution in [0.2, 0.25) is 0 Å². The second-order valence-corrected chi connectivity index (χ2v) is 5.14. The second-order valence-electron chi connectivity index (χ2n) is 5.14. The molecule has 1 heterocycles. The van der Waals surface area contributed by atoms with E-state index in [2.05, 4.69) is 91.5 Å². The van der Waals surface area contributed by atoms with E-state index < -0.39 is 0 Å². The van der Waals surface area contributed by atoms with Gasteiger partial charge in [0.15, 0.2) is 6.20 Å². The van der Waals surface area contributed by atoms with Gasteiger partial charge in [0.25, 0.3) is 0 Å². The summed E-state index contributed by atoms with van der Waals surface area (Å²) in [5, 5.41) is 1.28. The lowest BCUT2D eigenvalue weighted by Gasteiger charge is -2.01. The Labute approximate surface area is 119 Å². The Morgan fingerprint density at radius 1 is 0.850 bits per heavy atom. The summed E-state index contributed by atoms with van der Waals surface area (Å²) < 4.78 is 2.15. The van der Waals surface area contributed by atoms with Crippen LogP contribution in [0.25, 0.3) is 23.1 Å². The molecule has 0 unspecified atom stereocenters. The van der Waals surface area contributed by atoms with Crippen molar-refractivity contribution in [1.29, 1.82) is 0 Å². The molecule has 0 saturated heterocycles. The van der Waals surface area contributed by atoms with Gasteiger partial charge in [-0.05, 0) is 24.1 Å². The molecule has 3 rings (SSSR count). The topological polar surface area (TPSA) is 3.88 Å². The van der Waals surface area contributed by atoms with Crippen LogP contribution in [0.3, 0.4) is 0 Å². The molecule has 0 saturated carbocycles. The van der Waals surface area contributed by atoms with E-state index in [-0.39, 0.29) is 0 Å². The molecule has 20 heavy (non-hydrogen) atoms. The number of hydrogen-bond donors (Lipinski definition) is 0. The monoisotopic (exact) mass is 260 g/mol. The van der Waals surface area contributed by atoms with Gasteiger partial charge in [0, 0.05) is 12.1 Å². The lowest BCUT2D eigenvalue weighted by atomic mass is 10.1. The van der Waals surface area contributed by atoms with Crippen LogP contribution in [0.4, 0.5) is 0 Å². The van der Waals surface area contributed by atoms with E-state index in [1.807, 2.05) is 0 Å². The summed E-state index contributed by atoms with van der Waals surface area (Å²) in [6.45, 7) is 2.11. The molecule has 0 spiro atoms. The van der Waals surface area contributed by atoms with Gasteiger partial charge in [0.05, 0.1) is 5.39 Å². The molecule has 0 fully saturated rings. The van der Waals surface area contributed by atoms with Crippen LogP contribution in [-0.2, 0) is 7.05 Å². The fraction of sp³-hybridized carbons (Fsp3) is 0.105. The van der Waals surface area contributed by atoms with E-state index in [9.17, 15) is 0 Å². The summed E-state index contributed by atoms with van der Waals surface area (Å²) in [5.41, 5.74) is 5.02. The normalized spacial score (nSPS) is 11.3. The maximum atomic E-state index is 2.19. The first-order valence-corrected chi connectivity index (χ1v) is 6.86. The standard InChI is InChI=1S/C19H18N/c1-15-7-9-16(10-8-15)11-12-17-13-14-20(2)19-6-4-3-5-18(17)19/h3-14H,1-2H3/q+1/b12-11+. The molecule has 3 aromatic rings. The maximum absolute atomic E-state index is 2.19. The number of hydrogen-bond acceptors (Lipinski definition) is 0. The number of benzene rings is 2. The minimum atomic E-state index is 1.23. The van der Waals surface area contributed by atoms with Crippen molar-refractivity contribution in [3.63, 3.8) is 0 Å². The molecular formula is C19H18N+. The lowest BCUT2D eigenvalue weighted by molar-refractivity contribution is -0.644. The number of aryl methyl sites for hydroxylation is 2. The summed E-state index contributed by atoms with van der Waals surface area (Å²) >= 11 is 0. The van der Waals surface area contributed by atoms with Crippen molar-refractivity contribution in [3.05, 3.63) is 77.5 Å². The summed E-state index contributed by atoms with van der Waals surface area (Å²) in [4.78, 5) is 0. The van der Waals surface area contributed by atoms with E-state index in [0.29, 0.717) is 0 Å². The Hall–Kier alpha value is -2.41. The highest BCUT2D eigenvalue weighted by atomic mass is 14.9. The maximum Gasteiger partial charge on any atom is 0.212 e. The van der Waals surface area contributed by atoms with Crippen LogP contribution in [0.5, 0.6) is 0 Å². The third-order valence-electron chi connectivity index (χ3n) is 3.61. The summed E-state index contributed by atoms with van der Waals surface area (Å²) in [5.74, 6) is 0. The smallest absolute Gasteiger partial charge is 0.201 e. The van der Waals surface area contributed by atoms with Gasteiger partial charge in [-0.3, -0.25) is 0 Å². The predicted molar refractivity (Wildman–Crippen MR) is 85.2 cm³/mol. The van der Waals surface area contributed by atoms with Crippen LogP contribution < -0.4 is 4.57 Å². The number of para-hydroxylation sites is 1. The quantitative estimate of drug-likeness (QED) is 0.610. The van der Waals surface area contributed by atoms with Gasteiger partial charge in [-0.15, -0.1) is 0 Å². The van der Waals surface area contributed by atoms with E-state index in [1.54, 1.807) is 0 Å². The summed E-state index contributed by atoms with van der Waals surface area (Å²) in [6.07, 6.45) is 6.46. The highest BCUT2D eigenvalue weighted by molar-refractivity contribution is 5.88. The molecule has 0 aliphatic heterocycles. The number of aromatic nitrogens is 1. The van der Waals surface area contributed by atoms with Crippen molar-refractivity contribution in [2.45, 2.75) is 6.92 Å². The first kappa shape index (κ1) is 12.6. The summed E-state index contributed by atoms with van der Waals surface area (Å²) in [7, 11) is 2.08. The van der Waals surface area contributed by atoms with Crippen molar-refractivity contribution in [2.24, 2.45) is 7.05 Å². The molecule has 0 bridgehead atoms. The fourth-order valence-electron chi connectivity index (χ4n) is 2.40. The number of pyridine rings is 1. The molecule has 98 valence electrons. The number of fused-ring (bicyclic) bond motifs is 1. The minimum Gasteiger partial charge on any atom is -0.201 e. The number of nitrogens with zero attached hydrogens (tertiary/aromatic N) is 1. The molecule has 0 aliphatic carbocycles. The molecule has 0 N–H and O–H groups in total. The third kappa shape index (κ3) is 2.48. The van der Waals surface area contributed by atoms with Crippen molar-refractivity contribution in [1.82, 2.24) is 0 Å². The van der Waals surface area contributed by atoms with Crippen LogP contribution in [0, 0.1) is 6.92 Å². The van der Waals surface area contributed by atoms with Crippen LogP contribution in [0.15, 0.2) is 60.8 Å². The third-order valence-corrected chi connectivity index (χ3v) is 3.61. The largest absolute Gasteiger partial charge is 0.212 e. The molecule has 0 atom stereocenters. The number of rotatable bonds is 2. The zero-order valence-corrected chi connectivity index (χ0v) is 11.9. The minimum absolute atomic E-state index is 1.23. The van der Waals surface area contributed by atoms with Gasteiger partial charge in [-0.2, -0.15) is 0 Å². The average molecular weight is 260 g/mol. The molecule has 0 radical (unpaired) electrons. The van der Waals surface area contributed by atoms with E-state index in [0.717, 1.165) is 0 Å². The van der Waals surface area contributed by atoms with Crippen LogP contribution in [0.1, 0.15) is 16.7 Å². The Balaban J connectivity index is 2.03. The van der Waals surface area contributed by atoms with E-state index >= 15 is 0 Å². The molecule has 0 aliphatic rings. The average Bonchev–Trinajstić information content (AvgIpc) is 2.49. The molecule has 1 nitrogen and oxygen atoms in total. The van der Waals surface area contributed by atoms with Gasteiger partial charge in [-0.1, -0.05) is 54.1 Å². The summed E-state index contributed by atoms with van der Waals surface area (Å²) in [6, 6.07) is 19.2. The van der Waals surface area contributed by atoms with Gasteiger partial charge in [0.2, 0.25) is 5.52 Å². The molecule has 0 amide bonds. The molecular weight excluding hydrogens is 242 g/mol. The van der Waals surface area contributed by atoms with Crippen LogP contribution in [-0.4, -0.2) is 0 Å². The van der Waals surface area contributed by atoms with Crippen molar-refractivity contribution in [2.75, 3.05) is 0 Å². The lowest BCUT2D eigenvalue weighted by Crippen LogP contribution is -2.28. The Morgan fingerprint density at radius 2 is 1.60 bits per heavy atom. The van der Waals surface area contributed by atoms with Crippen LogP contribution >= 0.6 is 0 Å². The predicted octanol–water partition coefficient (Wildman–Crippen LogP) is 4.14. The van der Waals surface area contributed by atoms with Gasteiger partial charge >= 0.3 is 0 Å². The highest BCUT2D eigenvalue weighted by Gasteiger charge is 2.06. The first-order chi connectivity index (χ1) is 9.74. The van der Waals surface area contributed by atoms with Gasteiger partial charge in [-0.25, -0.2) is 4.57 Å². The van der Waals surface area contributed by atoms with E-state index in [1.165, 1.54) is 27.6 Å².